The van der Waals surface area contributed by atoms with Gasteiger partial charge in [-0.3, -0.25) is 4.99 Å². The molecule has 0 fully saturated rings. The predicted octanol–water partition coefficient (Wildman–Crippen LogP) is 5.68. The maximum atomic E-state index is 13.8. The number of urea groups is 1. The number of methoxy groups -OCH3 is 1. The van der Waals surface area contributed by atoms with Crippen LogP contribution >= 0.6 is 0 Å². The van der Waals surface area contributed by atoms with Crippen molar-refractivity contribution in [3.8, 4) is 0 Å². The Morgan fingerprint density at radius 2 is 1.74 bits per heavy atom. The average Bonchev–Trinajstić information content (AvgIpc) is 2.87. The lowest BCUT2D eigenvalue weighted by Crippen LogP contribution is -2.48. The predicted molar refractivity (Wildman–Crippen MR) is 150 cm³/mol. The number of hydrogen-bond donors (Lipinski definition) is 2. The lowest BCUT2D eigenvalue weighted by atomic mass is 9.93. The molecular weight excluding hydrogens is 524 g/mol. The molecule has 2 rings (SSSR count). The van der Waals surface area contributed by atoms with Crippen LogP contribution in [0.4, 0.5) is 13.6 Å². The van der Waals surface area contributed by atoms with Gasteiger partial charge in [0.25, 0.3) is 10.0 Å². The van der Waals surface area contributed by atoms with Crippen molar-refractivity contribution in [2.75, 3.05) is 7.11 Å². The van der Waals surface area contributed by atoms with Gasteiger partial charge in [-0.2, -0.15) is 0 Å². The van der Waals surface area contributed by atoms with E-state index < -0.39 is 33.7 Å². The van der Waals surface area contributed by atoms with Gasteiger partial charge in [0.2, 0.25) is 0 Å². The van der Waals surface area contributed by atoms with Gasteiger partial charge in [0.15, 0.2) is 0 Å². The Bertz CT molecular complexity index is 1430. The Labute approximate surface area is 228 Å². The number of halogens is 2. The zero-order chi connectivity index (χ0) is 29.2. The zero-order valence-corrected chi connectivity index (χ0v) is 22.7. The van der Waals surface area contributed by atoms with E-state index in [1.165, 1.54) is 37.6 Å². The summed E-state index contributed by atoms with van der Waals surface area (Å²) in [6, 6.07) is 7.28. The highest BCUT2D eigenvalue weighted by molar-refractivity contribution is 7.90. The molecule has 206 valence electrons. The van der Waals surface area contributed by atoms with Crippen LogP contribution in [-0.2, 0) is 21.2 Å². The van der Waals surface area contributed by atoms with Gasteiger partial charge in [-0.1, -0.05) is 50.6 Å². The maximum absolute atomic E-state index is 13.8. The molecule has 2 aromatic carbocycles. The SMILES string of the molecule is C=CN=C(C(=C)C(=C)/C=C\C(=C)OC)[C@H](CCc1cc(F)cc(F)c1)NC(=O)NS(=O)(=O)c1ccccc1C. The molecule has 0 radical (unpaired) electrons. The molecule has 0 saturated heterocycles. The van der Waals surface area contributed by atoms with Crippen LogP contribution in [0.2, 0.25) is 0 Å². The van der Waals surface area contributed by atoms with Gasteiger partial charge in [0.1, 0.15) is 17.4 Å². The summed E-state index contributed by atoms with van der Waals surface area (Å²) >= 11 is 0. The lowest BCUT2D eigenvalue weighted by molar-refractivity contribution is 0.244. The number of sulfonamides is 1. The van der Waals surface area contributed by atoms with Crippen LogP contribution in [-0.4, -0.2) is 33.3 Å². The van der Waals surface area contributed by atoms with Crippen LogP contribution in [0.15, 0.2) is 114 Å². The molecule has 0 saturated carbocycles. The first-order valence-corrected chi connectivity index (χ1v) is 13.2. The Morgan fingerprint density at radius 1 is 1.10 bits per heavy atom. The van der Waals surface area contributed by atoms with E-state index in [9.17, 15) is 22.0 Å². The quantitative estimate of drug-likeness (QED) is 0.189. The number of hydrogen-bond acceptors (Lipinski definition) is 5. The van der Waals surface area contributed by atoms with Crippen LogP contribution in [0.3, 0.4) is 0 Å². The standard InChI is InChI=1S/C29H31F2N3O4S/c1-7-32-28(22(5)19(2)12-13-21(4)38-6)26(15-14-23-16-24(30)18-25(31)17-23)33-29(35)34-39(36,37)27-11-9-8-10-20(27)3/h7-13,16-18,26H,1-2,4-5,14-15H2,3,6H3,(H2,33,34,35)/b13-12-,32-28?/t26-/m0/s1. The summed E-state index contributed by atoms with van der Waals surface area (Å²) in [6.07, 6.45) is 4.54. The molecule has 2 aromatic rings. The normalized spacial score (nSPS) is 12.5. The van der Waals surface area contributed by atoms with Gasteiger partial charge < -0.3 is 10.1 Å². The molecule has 7 nitrogen and oxygen atoms in total. The van der Waals surface area contributed by atoms with Gasteiger partial charge in [-0.25, -0.2) is 26.7 Å². The van der Waals surface area contributed by atoms with Crippen molar-refractivity contribution in [2.45, 2.75) is 30.7 Å². The van der Waals surface area contributed by atoms with Crippen molar-refractivity contribution in [3.63, 3.8) is 0 Å². The Kier molecular flexibility index (Phi) is 11.1. The summed E-state index contributed by atoms with van der Waals surface area (Å²) in [7, 11) is -2.75. The molecule has 0 aliphatic rings. The average molecular weight is 556 g/mol. The minimum Gasteiger partial charge on any atom is -0.497 e. The van der Waals surface area contributed by atoms with E-state index in [4.69, 9.17) is 4.74 Å². The van der Waals surface area contributed by atoms with E-state index in [1.807, 2.05) is 4.72 Å². The third kappa shape index (κ3) is 9.19. The largest absolute Gasteiger partial charge is 0.497 e. The summed E-state index contributed by atoms with van der Waals surface area (Å²) in [5.41, 5.74) is 1.68. The Morgan fingerprint density at radius 3 is 2.33 bits per heavy atom. The molecule has 0 aromatic heterocycles. The minimum atomic E-state index is -4.21. The first-order chi connectivity index (χ1) is 18.4. The number of carbonyl (C=O) groups is 1. The van der Waals surface area contributed by atoms with E-state index in [1.54, 1.807) is 31.2 Å². The molecule has 0 aliphatic carbocycles. The molecule has 0 spiro atoms. The van der Waals surface area contributed by atoms with Crippen molar-refractivity contribution >= 4 is 21.8 Å². The van der Waals surface area contributed by atoms with Crippen molar-refractivity contribution < 1.29 is 26.7 Å². The van der Waals surface area contributed by atoms with Crippen LogP contribution in [0.25, 0.3) is 0 Å². The molecule has 0 heterocycles. The van der Waals surface area contributed by atoms with Gasteiger partial charge in [-0.05, 0) is 66.3 Å². The van der Waals surface area contributed by atoms with Crippen molar-refractivity contribution in [1.29, 1.82) is 0 Å². The molecule has 2 N–H and O–H groups in total. The fraction of sp³-hybridized carbons (Fsp3) is 0.172. The Balaban J connectivity index is 2.39. The number of aliphatic imine (C=N–C) groups is 1. The molecule has 0 unspecified atom stereocenters. The number of nitrogens with zero attached hydrogens (tertiary/aromatic N) is 1. The maximum Gasteiger partial charge on any atom is 0.329 e. The van der Waals surface area contributed by atoms with Gasteiger partial charge in [-0.15, -0.1) is 0 Å². The van der Waals surface area contributed by atoms with E-state index in [2.05, 4.69) is 36.6 Å². The van der Waals surface area contributed by atoms with Gasteiger partial charge in [0, 0.05) is 12.3 Å². The lowest BCUT2D eigenvalue weighted by Gasteiger charge is -2.23. The number of carbonyl (C=O) groups excluding carboxylic acids is 1. The molecule has 39 heavy (non-hydrogen) atoms. The molecule has 10 heteroatoms. The zero-order valence-electron chi connectivity index (χ0n) is 21.8. The topological polar surface area (TPSA) is 96.9 Å². The third-order valence-electron chi connectivity index (χ3n) is 5.55. The molecule has 0 bridgehead atoms. The number of nitrogens with one attached hydrogen (secondary N) is 2. The van der Waals surface area contributed by atoms with Crippen LogP contribution in [0, 0.1) is 18.6 Å². The third-order valence-corrected chi connectivity index (χ3v) is 7.04. The highest BCUT2D eigenvalue weighted by Crippen LogP contribution is 2.19. The van der Waals surface area contributed by atoms with Crippen molar-refractivity contribution in [3.05, 3.63) is 127 Å². The Hall–Kier alpha value is -4.31. The minimum absolute atomic E-state index is 0.0618. The van der Waals surface area contributed by atoms with E-state index in [0.29, 0.717) is 28.0 Å². The molecule has 2 amide bonds. The molecule has 0 aliphatic heterocycles. The number of rotatable bonds is 13. The van der Waals surface area contributed by atoms with Crippen molar-refractivity contribution in [1.82, 2.24) is 10.0 Å². The summed E-state index contributed by atoms with van der Waals surface area (Å²) in [5, 5.41) is 2.60. The van der Waals surface area contributed by atoms with Gasteiger partial charge in [0.05, 0.1) is 23.8 Å². The number of benzene rings is 2. The first-order valence-electron chi connectivity index (χ1n) is 11.7. The summed E-state index contributed by atoms with van der Waals surface area (Å²) in [6.45, 7) is 16.9. The van der Waals surface area contributed by atoms with E-state index >= 15 is 0 Å². The monoisotopic (exact) mass is 555 g/mol. The first kappa shape index (κ1) is 30.9. The van der Waals surface area contributed by atoms with Gasteiger partial charge >= 0.3 is 6.03 Å². The van der Waals surface area contributed by atoms with E-state index in [-0.39, 0.29) is 23.4 Å². The highest BCUT2D eigenvalue weighted by Gasteiger charge is 2.25. The molecule has 1 atom stereocenters. The molecular formula is C29H31F2N3O4S. The number of amides is 2. The highest BCUT2D eigenvalue weighted by atomic mass is 32.2. The van der Waals surface area contributed by atoms with Crippen LogP contribution in [0.5, 0.6) is 0 Å². The fourth-order valence-electron chi connectivity index (χ4n) is 3.57. The summed E-state index contributed by atoms with van der Waals surface area (Å²) in [4.78, 5) is 17.1. The second kappa shape index (κ2) is 14.0. The smallest absolute Gasteiger partial charge is 0.329 e. The second-order valence-electron chi connectivity index (χ2n) is 8.42. The second-order valence-corrected chi connectivity index (χ2v) is 10.1. The summed E-state index contributed by atoms with van der Waals surface area (Å²) in [5.74, 6) is -1.15. The number of ether oxygens (including phenoxy) is 1. The van der Waals surface area contributed by atoms with Crippen LogP contribution < -0.4 is 10.0 Å². The summed E-state index contributed by atoms with van der Waals surface area (Å²) < 4.78 is 60.2. The van der Waals surface area contributed by atoms with Crippen LogP contribution in [0.1, 0.15) is 17.5 Å². The van der Waals surface area contributed by atoms with Crippen molar-refractivity contribution in [2.24, 2.45) is 4.99 Å². The number of allylic oxidation sites excluding steroid dienone is 3. The van der Waals surface area contributed by atoms with E-state index in [0.717, 1.165) is 6.07 Å². The fourth-order valence-corrected chi connectivity index (χ4v) is 4.73. The number of aryl methyl sites for hydroxylation is 2.